The van der Waals surface area contributed by atoms with Gasteiger partial charge in [-0.05, 0) is 30.3 Å². The van der Waals surface area contributed by atoms with Crippen LogP contribution in [0.25, 0.3) is 0 Å². The highest BCUT2D eigenvalue weighted by molar-refractivity contribution is 9.10. The van der Waals surface area contributed by atoms with Crippen LogP contribution in [-0.4, -0.2) is 18.4 Å². The first kappa shape index (κ1) is 15.3. The molecule has 0 aromatic heterocycles. The number of phenolic OH excluding ortho intramolecular Hbond substituents is 1. The molecule has 0 amide bonds. The zero-order valence-electron chi connectivity index (χ0n) is 10.4. The van der Waals surface area contributed by atoms with Gasteiger partial charge in [0.15, 0.2) is 0 Å². The second kappa shape index (κ2) is 5.70. The lowest BCUT2D eigenvalue weighted by Gasteiger charge is -2.09. The molecular weight excluding hydrogens is 364 g/mol. The lowest BCUT2D eigenvalue weighted by atomic mass is 10.2. The first-order valence-corrected chi connectivity index (χ1v) is 7.83. The number of hydrogen-bond acceptors (Lipinski definition) is 5. The molecule has 0 atom stereocenters. The molecule has 0 spiro atoms. The van der Waals surface area contributed by atoms with Crippen LogP contribution in [0.15, 0.2) is 51.8 Å². The minimum atomic E-state index is -3.95. The quantitative estimate of drug-likeness (QED) is 0.487. The minimum Gasteiger partial charge on any atom is -0.506 e. The van der Waals surface area contributed by atoms with Gasteiger partial charge in [0.25, 0.3) is 15.7 Å². The molecule has 0 unspecified atom stereocenters. The lowest BCUT2D eigenvalue weighted by molar-refractivity contribution is -0.384. The van der Waals surface area contributed by atoms with Gasteiger partial charge in [0, 0.05) is 16.6 Å². The SMILES string of the molecule is O=[N+]([O-])c1ccc(O)c(NS(=O)(=O)c2ccc(Br)cc2)c1. The van der Waals surface area contributed by atoms with Gasteiger partial charge in [-0.3, -0.25) is 14.8 Å². The van der Waals surface area contributed by atoms with Gasteiger partial charge >= 0.3 is 0 Å². The number of sulfonamides is 1. The summed E-state index contributed by atoms with van der Waals surface area (Å²) in [4.78, 5) is 9.96. The van der Waals surface area contributed by atoms with Gasteiger partial charge in [0.1, 0.15) is 5.75 Å². The highest BCUT2D eigenvalue weighted by Crippen LogP contribution is 2.30. The summed E-state index contributed by atoms with van der Waals surface area (Å²) in [6.07, 6.45) is 0. The number of benzene rings is 2. The molecule has 0 radical (unpaired) electrons. The van der Waals surface area contributed by atoms with Crippen molar-refractivity contribution in [3.8, 4) is 5.75 Å². The zero-order valence-corrected chi connectivity index (χ0v) is 12.8. The molecule has 0 heterocycles. The van der Waals surface area contributed by atoms with Gasteiger partial charge in [-0.25, -0.2) is 8.42 Å². The number of halogens is 1. The molecule has 2 aromatic carbocycles. The van der Waals surface area contributed by atoms with Crippen LogP contribution in [-0.2, 0) is 10.0 Å². The summed E-state index contributed by atoms with van der Waals surface area (Å²) in [6, 6.07) is 8.89. The van der Waals surface area contributed by atoms with Crippen molar-refractivity contribution in [2.24, 2.45) is 0 Å². The highest BCUT2D eigenvalue weighted by Gasteiger charge is 2.18. The van der Waals surface area contributed by atoms with Crippen molar-refractivity contribution < 1.29 is 18.4 Å². The van der Waals surface area contributed by atoms with Gasteiger partial charge in [0.05, 0.1) is 15.5 Å². The zero-order chi connectivity index (χ0) is 15.6. The van der Waals surface area contributed by atoms with Crippen LogP contribution in [0.5, 0.6) is 5.75 Å². The molecular formula is C12H9BrN2O5S. The molecule has 21 heavy (non-hydrogen) atoms. The van der Waals surface area contributed by atoms with Crippen LogP contribution in [0.3, 0.4) is 0 Å². The van der Waals surface area contributed by atoms with E-state index in [1.165, 1.54) is 12.1 Å². The number of nitrogens with one attached hydrogen (secondary N) is 1. The van der Waals surface area contributed by atoms with Crippen LogP contribution in [0.1, 0.15) is 0 Å². The Labute approximate surface area is 128 Å². The number of nitro benzene ring substituents is 1. The molecule has 0 aliphatic carbocycles. The van der Waals surface area contributed by atoms with E-state index in [0.717, 1.165) is 18.2 Å². The third kappa shape index (κ3) is 3.50. The third-order valence-electron chi connectivity index (χ3n) is 2.56. The van der Waals surface area contributed by atoms with Gasteiger partial charge in [-0.2, -0.15) is 0 Å². The number of phenols is 1. The number of nitro groups is 1. The summed E-state index contributed by atoms with van der Waals surface area (Å²) in [7, 11) is -3.95. The summed E-state index contributed by atoms with van der Waals surface area (Å²) in [5.41, 5.74) is -0.589. The molecule has 0 bridgehead atoms. The summed E-state index contributed by atoms with van der Waals surface area (Å²) in [5, 5.41) is 20.3. The molecule has 0 saturated heterocycles. The monoisotopic (exact) mass is 372 g/mol. The van der Waals surface area contributed by atoms with Gasteiger partial charge in [0.2, 0.25) is 0 Å². The topological polar surface area (TPSA) is 110 Å². The van der Waals surface area contributed by atoms with E-state index in [1.54, 1.807) is 12.1 Å². The maximum atomic E-state index is 12.1. The molecule has 0 aliphatic rings. The number of aromatic hydroxyl groups is 1. The standard InChI is InChI=1S/C12H9BrN2O5S/c13-8-1-4-10(5-2-8)21(19,20)14-11-7-9(15(17)18)3-6-12(11)16/h1-7,14,16H. The van der Waals surface area contributed by atoms with E-state index in [1.807, 2.05) is 0 Å². The van der Waals surface area contributed by atoms with Crippen LogP contribution < -0.4 is 4.72 Å². The molecule has 7 nitrogen and oxygen atoms in total. The fourth-order valence-electron chi connectivity index (χ4n) is 1.54. The van der Waals surface area contributed by atoms with E-state index >= 15 is 0 Å². The smallest absolute Gasteiger partial charge is 0.271 e. The van der Waals surface area contributed by atoms with Gasteiger partial charge in [-0.15, -0.1) is 0 Å². The van der Waals surface area contributed by atoms with Crippen molar-refractivity contribution in [2.45, 2.75) is 4.90 Å². The van der Waals surface area contributed by atoms with Crippen LogP contribution in [0.4, 0.5) is 11.4 Å². The fraction of sp³-hybridized carbons (Fsp3) is 0. The summed E-state index contributed by atoms with van der Waals surface area (Å²) in [5.74, 6) is -0.402. The number of non-ortho nitro benzene ring substituents is 1. The Kier molecular flexibility index (Phi) is 4.14. The Bertz CT molecular complexity index is 790. The summed E-state index contributed by atoms with van der Waals surface area (Å²) >= 11 is 3.19. The number of hydrogen-bond donors (Lipinski definition) is 2. The van der Waals surface area contributed by atoms with E-state index in [0.29, 0.717) is 4.47 Å². The number of rotatable bonds is 4. The predicted octanol–water partition coefficient (Wildman–Crippen LogP) is 2.86. The highest BCUT2D eigenvalue weighted by atomic mass is 79.9. The van der Waals surface area contributed by atoms with Crippen molar-refractivity contribution >= 4 is 37.3 Å². The van der Waals surface area contributed by atoms with Crippen LogP contribution in [0.2, 0.25) is 0 Å². The largest absolute Gasteiger partial charge is 0.506 e. The molecule has 2 N–H and O–H groups in total. The summed E-state index contributed by atoms with van der Waals surface area (Å²) in [6.45, 7) is 0. The van der Waals surface area contributed by atoms with Crippen molar-refractivity contribution in [2.75, 3.05) is 4.72 Å². The molecule has 2 aromatic rings. The second-order valence-corrected chi connectivity index (χ2v) is 6.62. The Hall–Kier alpha value is -2.13. The van der Waals surface area contributed by atoms with Crippen molar-refractivity contribution in [1.82, 2.24) is 0 Å². The van der Waals surface area contributed by atoms with Crippen molar-refractivity contribution in [1.29, 1.82) is 0 Å². The first-order chi connectivity index (χ1) is 9.79. The Morgan fingerprint density at radius 1 is 1.14 bits per heavy atom. The third-order valence-corrected chi connectivity index (χ3v) is 4.47. The molecule has 110 valence electrons. The molecule has 0 saturated carbocycles. The van der Waals surface area contributed by atoms with Crippen LogP contribution >= 0.6 is 15.9 Å². The maximum Gasteiger partial charge on any atom is 0.271 e. The summed E-state index contributed by atoms with van der Waals surface area (Å²) < 4.78 is 27.1. The normalized spacial score (nSPS) is 11.1. The van der Waals surface area contributed by atoms with E-state index in [4.69, 9.17) is 0 Å². The van der Waals surface area contributed by atoms with Crippen molar-refractivity contribution in [3.05, 3.63) is 57.1 Å². The van der Waals surface area contributed by atoms with Crippen molar-refractivity contribution in [3.63, 3.8) is 0 Å². The minimum absolute atomic E-state index is 0.0309. The van der Waals surface area contributed by atoms with E-state index < -0.39 is 20.7 Å². The number of nitrogens with zero attached hydrogens (tertiary/aromatic N) is 1. The fourth-order valence-corrected chi connectivity index (χ4v) is 2.87. The van der Waals surface area contributed by atoms with Crippen LogP contribution in [0, 0.1) is 10.1 Å². The molecule has 9 heteroatoms. The van der Waals surface area contributed by atoms with Gasteiger partial charge < -0.3 is 5.11 Å². The van der Waals surface area contributed by atoms with E-state index in [2.05, 4.69) is 20.7 Å². The average Bonchev–Trinajstić information content (AvgIpc) is 2.41. The Morgan fingerprint density at radius 2 is 1.76 bits per heavy atom. The van der Waals surface area contributed by atoms with E-state index in [-0.39, 0.29) is 16.3 Å². The maximum absolute atomic E-state index is 12.1. The molecule has 2 rings (SSSR count). The van der Waals surface area contributed by atoms with E-state index in [9.17, 15) is 23.6 Å². The number of anilines is 1. The average molecular weight is 373 g/mol. The molecule has 0 aliphatic heterocycles. The Morgan fingerprint density at radius 3 is 2.33 bits per heavy atom. The predicted molar refractivity (Wildman–Crippen MR) is 79.7 cm³/mol. The first-order valence-electron chi connectivity index (χ1n) is 5.55. The Balaban J connectivity index is 2.38. The van der Waals surface area contributed by atoms with Gasteiger partial charge in [-0.1, -0.05) is 15.9 Å². The molecule has 0 fully saturated rings. The lowest BCUT2D eigenvalue weighted by Crippen LogP contribution is -2.13. The second-order valence-electron chi connectivity index (χ2n) is 4.02.